The largest absolute Gasteiger partial charge is 0.435 e. The lowest BCUT2D eigenvalue weighted by Gasteiger charge is -2.07. The number of carbonyl (C=O) groups is 1. The Morgan fingerprint density at radius 3 is 2.58 bits per heavy atom. The first kappa shape index (κ1) is 15.4. The summed E-state index contributed by atoms with van der Waals surface area (Å²) in [7, 11) is 0. The third kappa shape index (κ3) is 6.71. The van der Waals surface area contributed by atoms with Crippen LogP contribution in [0.25, 0.3) is 0 Å². The van der Waals surface area contributed by atoms with Crippen molar-refractivity contribution in [3.8, 4) is 5.75 Å². The Balaban J connectivity index is 2.28. The smallest absolute Gasteiger partial charge is 0.387 e. The molecular weight excluding hydrogens is 254 g/mol. The summed E-state index contributed by atoms with van der Waals surface area (Å²) in [6.07, 6.45) is 1.74. The highest BCUT2D eigenvalue weighted by molar-refractivity contribution is 5.75. The van der Waals surface area contributed by atoms with Crippen molar-refractivity contribution >= 4 is 5.91 Å². The average molecular weight is 272 g/mol. The lowest BCUT2D eigenvalue weighted by Crippen LogP contribution is -2.25. The molecule has 0 atom stereocenters. The molecule has 0 bridgehead atoms. The molecular formula is C13H18F2N2O2. The van der Waals surface area contributed by atoms with E-state index in [0.717, 1.165) is 5.56 Å². The van der Waals surface area contributed by atoms with Crippen LogP contribution in [0.3, 0.4) is 0 Å². The van der Waals surface area contributed by atoms with Crippen LogP contribution < -0.4 is 15.8 Å². The lowest BCUT2D eigenvalue weighted by atomic mass is 10.1. The number of halogens is 2. The summed E-state index contributed by atoms with van der Waals surface area (Å²) >= 11 is 0. The second-order valence-corrected chi connectivity index (χ2v) is 4.01. The summed E-state index contributed by atoms with van der Waals surface area (Å²) in [5, 5.41) is 2.77. The van der Waals surface area contributed by atoms with E-state index in [1.807, 2.05) is 0 Å². The number of hydrogen-bond donors (Lipinski definition) is 2. The highest BCUT2D eigenvalue weighted by atomic mass is 19.3. The predicted molar refractivity (Wildman–Crippen MR) is 68.1 cm³/mol. The molecule has 106 valence electrons. The monoisotopic (exact) mass is 272 g/mol. The van der Waals surface area contributed by atoms with Crippen molar-refractivity contribution in [2.45, 2.75) is 25.9 Å². The molecule has 4 nitrogen and oxygen atoms in total. The van der Waals surface area contributed by atoms with Crippen molar-refractivity contribution in [1.82, 2.24) is 5.32 Å². The van der Waals surface area contributed by atoms with E-state index < -0.39 is 6.61 Å². The number of hydrogen-bond acceptors (Lipinski definition) is 3. The van der Waals surface area contributed by atoms with Gasteiger partial charge in [-0.2, -0.15) is 8.78 Å². The molecule has 0 spiro atoms. The Kier molecular flexibility index (Phi) is 6.81. The van der Waals surface area contributed by atoms with E-state index >= 15 is 0 Å². The molecule has 19 heavy (non-hydrogen) atoms. The van der Waals surface area contributed by atoms with Gasteiger partial charge in [0.15, 0.2) is 0 Å². The minimum Gasteiger partial charge on any atom is -0.435 e. The zero-order valence-corrected chi connectivity index (χ0v) is 10.6. The van der Waals surface area contributed by atoms with Crippen LogP contribution >= 0.6 is 0 Å². The van der Waals surface area contributed by atoms with Crippen LogP contribution in [-0.4, -0.2) is 25.6 Å². The second-order valence-electron chi connectivity index (χ2n) is 4.01. The van der Waals surface area contributed by atoms with Crippen LogP contribution in [0.5, 0.6) is 5.75 Å². The number of benzene rings is 1. The van der Waals surface area contributed by atoms with Gasteiger partial charge in [0, 0.05) is 13.0 Å². The molecule has 1 amide bonds. The molecule has 0 aliphatic heterocycles. The second kappa shape index (κ2) is 8.42. The van der Waals surface area contributed by atoms with Gasteiger partial charge in [-0.25, -0.2) is 0 Å². The maximum atomic E-state index is 11.9. The molecule has 0 radical (unpaired) electrons. The SMILES string of the molecule is NCCCC(=O)NCCc1ccc(OC(F)F)cc1. The van der Waals surface area contributed by atoms with Gasteiger partial charge >= 0.3 is 6.61 Å². The average Bonchev–Trinajstić information content (AvgIpc) is 2.38. The summed E-state index contributed by atoms with van der Waals surface area (Å²) in [5.41, 5.74) is 6.24. The summed E-state index contributed by atoms with van der Waals surface area (Å²) in [5.74, 6) is 0.105. The van der Waals surface area contributed by atoms with Gasteiger partial charge in [0.2, 0.25) is 5.91 Å². The van der Waals surface area contributed by atoms with Gasteiger partial charge in [-0.05, 0) is 37.1 Å². The van der Waals surface area contributed by atoms with E-state index in [1.165, 1.54) is 12.1 Å². The minimum absolute atomic E-state index is 0.0249. The Hall–Kier alpha value is -1.69. The fourth-order valence-electron chi connectivity index (χ4n) is 1.53. The van der Waals surface area contributed by atoms with Crippen molar-refractivity contribution in [2.24, 2.45) is 5.73 Å². The van der Waals surface area contributed by atoms with Crippen molar-refractivity contribution in [1.29, 1.82) is 0 Å². The number of alkyl halides is 2. The van der Waals surface area contributed by atoms with Crippen LogP contribution in [0.15, 0.2) is 24.3 Å². The summed E-state index contributed by atoms with van der Waals surface area (Å²) < 4.78 is 28.1. The van der Waals surface area contributed by atoms with Crippen molar-refractivity contribution in [2.75, 3.05) is 13.1 Å². The number of ether oxygens (including phenoxy) is 1. The fourth-order valence-corrected chi connectivity index (χ4v) is 1.53. The molecule has 6 heteroatoms. The summed E-state index contributed by atoms with van der Waals surface area (Å²) in [4.78, 5) is 11.3. The molecule has 0 fully saturated rings. The predicted octanol–water partition coefficient (Wildman–Crippen LogP) is 1.69. The first-order chi connectivity index (χ1) is 9.11. The molecule has 1 rings (SSSR count). The van der Waals surface area contributed by atoms with Crippen molar-refractivity contribution < 1.29 is 18.3 Å². The highest BCUT2D eigenvalue weighted by Crippen LogP contribution is 2.14. The van der Waals surface area contributed by atoms with Gasteiger partial charge in [-0.1, -0.05) is 12.1 Å². The van der Waals surface area contributed by atoms with Gasteiger partial charge in [0.1, 0.15) is 5.75 Å². The molecule has 0 saturated carbocycles. The maximum absolute atomic E-state index is 11.9. The molecule has 3 N–H and O–H groups in total. The van der Waals surface area contributed by atoms with E-state index in [0.29, 0.717) is 32.4 Å². The Morgan fingerprint density at radius 1 is 1.32 bits per heavy atom. The zero-order valence-electron chi connectivity index (χ0n) is 10.6. The zero-order chi connectivity index (χ0) is 14.1. The van der Waals surface area contributed by atoms with Crippen LogP contribution in [0.2, 0.25) is 0 Å². The third-order valence-electron chi connectivity index (χ3n) is 2.49. The van der Waals surface area contributed by atoms with E-state index in [4.69, 9.17) is 5.73 Å². The Bertz CT molecular complexity index is 383. The number of rotatable bonds is 8. The molecule has 0 aliphatic carbocycles. The quantitative estimate of drug-likeness (QED) is 0.757. The molecule has 0 unspecified atom stereocenters. The number of carbonyl (C=O) groups excluding carboxylic acids is 1. The highest BCUT2D eigenvalue weighted by Gasteiger charge is 2.04. The Labute approximate surface area is 110 Å². The normalized spacial score (nSPS) is 10.5. The Morgan fingerprint density at radius 2 is 2.00 bits per heavy atom. The number of nitrogens with two attached hydrogens (primary N) is 1. The van der Waals surface area contributed by atoms with E-state index in [9.17, 15) is 13.6 Å². The molecule has 1 aromatic rings. The number of nitrogens with one attached hydrogen (secondary N) is 1. The van der Waals surface area contributed by atoms with Crippen LogP contribution in [0, 0.1) is 0 Å². The van der Waals surface area contributed by atoms with E-state index in [1.54, 1.807) is 12.1 Å². The first-order valence-electron chi connectivity index (χ1n) is 6.12. The molecule has 0 heterocycles. The van der Waals surface area contributed by atoms with E-state index in [2.05, 4.69) is 10.1 Å². The standard InChI is InChI=1S/C13H18F2N2O2/c14-13(15)19-11-5-3-10(4-6-11)7-9-17-12(18)2-1-8-16/h3-6,13H,1-2,7-9,16H2,(H,17,18). The van der Waals surface area contributed by atoms with Crippen LogP contribution in [0.4, 0.5) is 8.78 Å². The number of amides is 1. The third-order valence-corrected chi connectivity index (χ3v) is 2.49. The maximum Gasteiger partial charge on any atom is 0.387 e. The minimum atomic E-state index is -2.81. The van der Waals surface area contributed by atoms with Gasteiger partial charge in [-0.15, -0.1) is 0 Å². The van der Waals surface area contributed by atoms with Crippen molar-refractivity contribution in [3.05, 3.63) is 29.8 Å². The lowest BCUT2D eigenvalue weighted by molar-refractivity contribution is -0.121. The summed E-state index contributed by atoms with van der Waals surface area (Å²) in [6, 6.07) is 6.36. The first-order valence-corrected chi connectivity index (χ1v) is 6.12. The summed E-state index contributed by atoms with van der Waals surface area (Å²) in [6.45, 7) is -1.80. The van der Waals surface area contributed by atoms with Gasteiger partial charge in [-0.3, -0.25) is 4.79 Å². The fraction of sp³-hybridized carbons (Fsp3) is 0.462. The van der Waals surface area contributed by atoms with E-state index in [-0.39, 0.29) is 11.7 Å². The molecule has 1 aromatic carbocycles. The molecule has 0 aromatic heterocycles. The van der Waals surface area contributed by atoms with Gasteiger partial charge in [0.25, 0.3) is 0 Å². The topological polar surface area (TPSA) is 64.4 Å². The van der Waals surface area contributed by atoms with Gasteiger partial charge < -0.3 is 15.8 Å². The van der Waals surface area contributed by atoms with Crippen molar-refractivity contribution in [3.63, 3.8) is 0 Å². The molecule has 0 aliphatic rings. The van der Waals surface area contributed by atoms with Crippen LogP contribution in [-0.2, 0) is 11.2 Å². The van der Waals surface area contributed by atoms with Gasteiger partial charge in [0.05, 0.1) is 0 Å². The molecule has 0 saturated heterocycles. The van der Waals surface area contributed by atoms with Crippen LogP contribution in [0.1, 0.15) is 18.4 Å².